The summed E-state index contributed by atoms with van der Waals surface area (Å²) >= 11 is 0. The summed E-state index contributed by atoms with van der Waals surface area (Å²) in [6, 6.07) is 6.61. The van der Waals surface area contributed by atoms with Crippen molar-refractivity contribution in [3.8, 4) is 0 Å². The fourth-order valence-corrected chi connectivity index (χ4v) is 2.69. The summed E-state index contributed by atoms with van der Waals surface area (Å²) in [5.41, 5.74) is 0.748. The van der Waals surface area contributed by atoms with E-state index in [1.165, 1.54) is 0 Å². The van der Waals surface area contributed by atoms with Crippen LogP contribution in [0.5, 0.6) is 0 Å². The predicted molar refractivity (Wildman–Crippen MR) is 72.4 cm³/mol. The largest absolute Gasteiger partial charge is 0.281 e. The number of imide groups is 2. The molecule has 3 rings (SSSR count). The molecule has 2 aliphatic heterocycles. The third-order valence-electron chi connectivity index (χ3n) is 3.81. The van der Waals surface area contributed by atoms with Crippen molar-refractivity contribution in [1.82, 2.24) is 9.80 Å². The summed E-state index contributed by atoms with van der Waals surface area (Å²) in [4.78, 5) is 50.0. The molecule has 0 spiro atoms. The van der Waals surface area contributed by atoms with Crippen molar-refractivity contribution in [1.29, 1.82) is 0 Å². The van der Waals surface area contributed by atoms with E-state index in [-0.39, 0.29) is 36.7 Å². The minimum atomic E-state index is -0.368. The number of piperidine rings is 1. The van der Waals surface area contributed by atoms with Crippen molar-refractivity contribution in [3.63, 3.8) is 0 Å². The van der Waals surface area contributed by atoms with Crippen LogP contribution < -0.4 is 0 Å². The number of nitrogens with zero attached hydrogens (tertiary/aromatic N) is 2. The fraction of sp³-hybridized carbons (Fsp3) is 0.333. The molecule has 0 radical (unpaired) electrons. The molecule has 1 saturated heterocycles. The summed E-state index contributed by atoms with van der Waals surface area (Å²) < 4.78 is 0. The first-order valence-corrected chi connectivity index (χ1v) is 6.88. The highest BCUT2D eigenvalue weighted by atomic mass is 16.2. The van der Waals surface area contributed by atoms with Crippen molar-refractivity contribution in [3.05, 3.63) is 35.4 Å². The van der Waals surface area contributed by atoms with Gasteiger partial charge in [0.05, 0.1) is 11.1 Å². The zero-order valence-electron chi connectivity index (χ0n) is 11.4. The van der Waals surface area contributed by atoms with Gasteiger partial charge in [0.25, 0.3) is 11.8 Å². The second kappa shape index (κ2) is 5.12. The summed E-state index contributed by atoms with van der Waals surface area (Å²) in [6.07, 6.45) is 1.25. The number of benzene rings is 1. The van der Waals surface area contributed by atoms with E-state index in [0.717, 1.165) is 9.80 Å². The molecule has 2 heterocycles. The van der Waals surface area contributed by atoms with Crippen molar-refractivity contribution >= 4 is 23.6 Å². The van der Waals surface area contributed by atoms with Crippen LogP contribution in [0.3, 0.4) is 0 Å². The quantitative estimate of drug-likeness (QED) is 0.771. The van der Waals surface area contributed by atoms with Crippen molar-refractivity contribution in [2.45, 2.75) is 19.3 Å². The third kappa shape index (κ3) is 2.22. The van der Waals surface area contributed by atoms with Crippen LogP contribution in [-0.4, -0.2) is 46.5 Å². The number of hydrogen-bond donors (Lipinski definition) is 0. The van der Waals surface area contributed by atoms with Gasteiger partial charge in [0.1, 0.15) is 0 Å². The molecule has 0 aliphatic carbocycles. The molecular formula is C15H14N2O4. The lowest BCUT2D eigenvalue weighted by Crippen LogP contribution is -2.45. The van der Waals surface area contributed by atoms with Gasteiger partial charge in [-0.05, 0) is 18.6 Å². The highest BCUT2D eigenvalue weighted by Crippen LogP contribution is 2.22. The summed E-state index contributed by atoms with van der Waals surface area (Å²) in [6.45, 7) is 0.118. The van der Waals surface area contributed by atoms with Crippen LogP contribution >= 0.6 is 0 Å². The first kappa shape index (κ1) is 13.5. The number of carbonyl (C=O) groups is 4. The highest BCUT2D eigenvalue weighted by molar-refractivity contribution is 6.21. The minimum absolute atomic E-state index is 0.0455. The Bertz CT molecular complexity index is 602. The molecule has 1 aromatic rings. The normalized spacial score (nSPS) is 18.5. The number of likely N-dealkylation sites (tertiary alicyclic amines) is 1. The van der Waals surface area contributed by atoms with Gasteiger partial charge in [-0.15, -0.1) is 0 Å². The summed E-state index contributed by atoms with van der Waals surface area (Å²) in [7, 11) is 0. The van der Waals surface area contributed by atoms with Gasteiger partial charge in [-0.25, -0.2) is 0 Å². The van der Waals surface area contributed by atoms with Gasteiger partial charge in [-0.1, -0.05) is 12.1 Å². The summed E-state index contributed by atoms with van der Waals surface area (Å²) in [5.74, 6) is -1.20. The van der Waals surface area contributed by atoms with Crippen molar-refractivity contribution in [2.75, 3.05) is 13.1 Å². The van der Waals surface area contributed by atoms with Crippen LogP contribution in [0.15, 0.2) is 24.3 Å². The van der Waals surface area contributed by atoms with Crippen LogP contribution in [0, 0.1) is 0 Å². The Kier molecular flexibility index (Phi) is 3.29. The average Bonchev–Trinajstić information content (AvgIpc) is 2.72. The monoisotopic (exact) mass is 286 g/mol. The number of fused-ring (bicyclic) bond motifs is 1. The predicted octanol–water partition coefficient (Wildman–Crippen LogP) is 0.822. The van der Waals surface area contributed by atoms with Gasteiger partial charge in [0.2, 0.25) is 11.8 Å². The van der Waals surface area contributed by atoms with E-state index in [1.807, 2.05) is 0 Å². The molecular weight excluding hydrogens is 272 g/mol. The minimum Gasteiger partial charge on any atom is -0.281 e. The Labute approximate surface area is 121 Å². The van der Waals surface area contributed by atoms with Crippen molar-refractivity contribution in [2.24, 2.45) is 0 Å². The topological polar surface area (TPSA) is 74.8 Å². The molecule has 108 valence electrons. The summed E-state index contributed by atoms with van der Waals surface area (Å²) in [5, 5.41) is 0. The Morgan fingerprint density at radius 1 is 0.762 bits per heavy atom. The van der Waals surface area contributed by atoms with E-state index < -0.39 is 0 Å². The van der Waals surface area contributed by atoms with Crippen molar-refractivity contribution < 1.29 is 19.2 Å². The molecule has 0 atom stereocenters. The number of carbonyl (C=O) groups excluding carboxylic acids is 4. The molecule has 0 unspecified atom stereocenters. The van der Waals surface area contributed by atoms with Crippen LogP contribution in [-0.2, 0) is 9.59 Å². The molecule has 0 saturated carbocycles. The smallest absolute Gasteiger partial charge is 0.261 e. The highest BCUT2D eigenvalue weighted by Gasteiger charge is 2.36. The third-order valence-corrected chi connectivity index (χ3v) is 3.81. The van der Waals surface area contributed by atoms with E-state index in [1.54, 1.807) is 24.3 Å². The first-order chi connectivity index (χ1) is 10.1. The lowest BCUT2D eigenvalue weighted by Gasteiger charge is -2.26. The van der Waals surface area contributed by atoms with Gasteiger partial charge in [-0.2, -0.15) is 0 Å². The maximum Gasteiger partial charge on any atom is 0.261 e. The van der Waals surface area contributed by atoms with Crippen LogP contribution in [0.25, 0.3) is 0 Å². The fourth-order valence-electron chi connectivity index (χ4n) is 2.69. The van der Waals surface area contributed by atoms with Crippen LogP contribution in [0.4, 0.5) is 0 Å². The van der Waals surface area contributed by atoms with Gasteiger partial charge in [0, 0.05) is 25.9 Å². The molecule has 2 aliphatic rings. The lowest BCUT2D eigenvalue weighted by molar-refractivity contribution is -0.148. The number of hydrogen-bond acceptors (Lipinski definition) is 4. The molecule has 0 N–H and O–H groups in total. The Hall–Kier alpha value is -2.50. The first-order valence-electron chi connectivity index (χ1n) is 6.88. The molecule has 21 heavy (non-hydrogen) atoms. The zero-order chi connectivity index (χ0) is 15.0. The molecule has 4 amide bonds. The maximum atomic E-state index is 12.2. The maximum absolute atomic E-state index is 12.2. The molecule has 6 heteroatoms. The Balaban J connectivity index is 1.72. The van der Waals surface area contributed by atoms with Gasteiger partial charge in [-0.3, -0.25) is 29.0 Å². The Morgan fingerprint density at radius 2 is 1.24 bits per heavy atom. The standard InChI is InChI=1S/C15H14N2O4/c18-12-6-3-7-13(19)16(12)8-9-17-14(20)10-4-1-2-5-11(10)15(17)21/h1-2,4-5H,3,6-9H2. The SMILES string of the molecule is O=C1CCCC(=O)N1CCN1C(=O)c2ccccc2C1=O. The number of amides is 4. The van der Waals surface area contributed by atoms with E-state index >= 15 is 0 Å². The average molecular weight is 286 g/mol. The van der Waals surface area contributed by atoms with E-state index in [0.29, 0.717) is 30.4 Å². The van der Waals surface area contributed by atoms with E-state index in [9.17, 15) is 19.2 Å². The molecule has 0 aromatic heterocycles. The lowest BCUT2D eigenvalue weighted by atomic mass is 10.1. The number of rotatable bonds is 3. The molecule has 1 aromatic carbocycles. The van der Waals surface area contributed by atoms with Crippen LogP contribution in [0.2, 0.25) is 0 Å². The molecule has 1 fully saturated rings. The second-order valence-corrected chi connectivity index (χ2v) is 5.10. The van der Waals surface area contributed by atoms with E-state index in [4.69, 9.17) is 0 Å². The molecule has 6 nitrogen and oxygen atoms in total. The van der Waals surface area contributed by atoms with Gasteiger partial charge >= 0.3 is 0 Å². The van der Waals surface area contributed by atoms with Crippen LogP contribution in [0.1, 0.15) is 40.0 Å². The van der Waals surface area contributed by atoms with Gasteiger partial charge in [0.15, 0.2) is 0 Å². The zero-order valence-corrected chi connectivity index (χ0v) is 11.4. The van der Waals surface area contributed by atoms with E-state index in [2.05, 4.69) is 0 Å². The molecule has 0 bridgehead atoms. The van der Waals surface area contributed by atoms with Gasteiger partial charge < -0.3 is 0 Å². The Morgan fingerprint density at radius 3 is 1.76 bits per heavy atom. The second-order valence-electron chi connectivity index (χ2n) is 5.10.